The van der Waals surface area contributed by atoms with Gasteiger partial charge in [0.15, 0.2) is 6.29 Å². The number of aryl methyl sites for hydroxylation is 1. The Morgan fingerprint density at radius 3 is 2.43 bits per heavy atom. The summed E-state index contributed by atoms with van der Waals surface area (Å²) < 4.78 is 12.5. The zero-order valence-electron chi connectivity index (χ0n) is 8.93. The van der Waals surface area contributed by atoms with Gasteiger partial charge < -0.3 is 9.47 Å². The third-order valence-electron chi connectivity index (χ3n) is 1.69. The lowest BCUT2D eigenvalue weighted by molar-refractivity contribution is -0.145. The van der Waals surface area contributed by atoms with Gasteiger partial charge in [0.2, 0.25) is 0 Å². The Bertz CT molecular complexity index is 256. The standard InChI is InChI=1S/C9H17N3O2/c1-4-13-9(14-5-2)7-12-6-8(3)10-11-12/h6,9H,4-5,7H2,1-3H3. The minimum Gasteiger partial charge on any atom is -0.351 e. The van der Waals surface area contributed by atoms with Crippen LogP contribution < -0.4 is 0 Å². The monoisotopic (exact) mass is 199 g/mol. The van der Waals surface area contributed by atoms with E-state index in [-0.39, 0.29) is 6.29 Å². The molecule has 80 valence electrons. The van der Waals surface area contributed by atoms with Crippen LogP contribution in [0.2, 0.25) is 0 Å². The molecule has 5 nitrogen and oxygen atoms in total. The largest absolute Gasteiger partial charge is 0.351 e. The number of aromatic nitrogens is 3. The van der Waals surface area contributed by atoms with E-state index in [1.165, 1.54) is 0 Å². The van der Waals surface area contributed by atoms with Crippen LogP contribution in [0.4, 0.5) is 0 Å². The summed E-state index contributed by atoms with van der Waals surface area (Å²) in [6.45, 7) is 7.65. The van der Waals surface area contributed by atoms with E-state index in [2.05, 4.69) is 10.3 Å². The van der Waals surface area contributed by atoms with Gasteiger partial charge in [-0.15, -0.1) is 5.10 Å². The number of nitrogens with zero attached hydrogens (tertiary/aromatic N) is 3. The van der Waals surface area contributed by atoms with Crippen LogP contribution in [0, 0.1) is 6.92 Å². The highest BCUT2D eigenvalue weighted by Gasteiger charge is 2.09. The SMILES string of the molecule is CCOC(Cn1cc(C)nn1)OCC. The van der Waals surface area contributed by atoms with Crippen LogP contribution in [0.15, 0.2) is 6.20 Å². The molecule has 0 spiro atoms. The molecule has 1 aromatic rings. The lowest BCUT2D eigenvalue weighted by atomic mass is 10.5. The maximum Gasteiger partial charge on any atom is 0.176 e. The molecule has 0 aromatic carbocycles. The number of ether oxygens (including phenoxy) is 2. The molecule has 0 atom stereocenters. The lowest BCUT2D eigenvalue weighted by Crippen LogP contribution is -2.24. The van der Waals surface area contributed by atoms with E-state index in [0.29, 0.717) is 19.8 Å². The molecule has 0 amide bonds. The van der Waals surface area contributed by atoms with E-state index in [4.69, 9.17) is 9.47 Å². The molecule has 14 heavy (non-hydrogen) atoms. The number of rotatable bonds is 6. The van der Waals surface area contributed by atoms with Crippen LogP contribution >= 0.6 is 0 Å². The van der Waals surface area contributed by atoms with Crippen LogP contribution in [0.1, 0.15) is 19.5 Å². The molecule has 0 unspecified atom stereocenters. The maximum atomic E-state index is 5.38. The Hall–Kier alpha value is -0.940. The fourth-order valence-electron chi connectivity index (χ4n) is 1.16. The second-order valence-electron chi connectivity index (χ2n) is 2.92. The minimum absolute atomic E-state index is 0.230. The Morgan fingerprint density at radius 2 is 2.00 bits per heavy atom. The highest BCUT2D eigenvalue weighted by Crippen LogP contribution is 1.99. The zero-order valence-corrected chi connectivity index (χ0v) is 8.93. The predicted octanol–water partition coefficient (Wildman–Crippen LogP) is 0.986. The van der Waals surface area contributed by atoms with Crippen molar-refractivity contribution in [1.82, 2.24) is 15.0 Å². The van der Waals surface area contributed by atoms with Crippen LogP contribution in [-0.4, -0.2) is 34.5 Å². The summed E-state index contributed by atoms with van der Waals surface area (Å²) in [5.41, 5.74) is 0.900. The van der Waals surface area contributed by atoms with Crippen molar-refractivity contribution in [1.29, 1.82) is 0 Å². The molecule has 0 bridgehead atoms. The zero-order chi connectivity index (χ0) is 10.4. The van der Waals surface area contributed by atoms with E-state index >= 15 is 0 Å². The average Bonchev–Trinajstić information content (AvgIpc) is 2.52. The van der Waals surface area contributed by atoms with Gasteiger partial charge in [0, 0.05) is 19.4 Å². The van der Waals surface area contributed by atoms with Crippen LogP contribution in [0.3, 0.4) is 0 Å². The molecule has 0 aliphatic carbocycles. The molecule has 0 fully saturated rings. The van der Waals surface area contributed by atoms with Crippen molar-refractivity contribution in [2.24, 2.45) is 0 Å². The third kappa shape index (κ3) is 3.43. The molecule has 0 N–H and O–H groups in total. The second kappa shape index (κ2) is 5.72. The fourth-order valence-corrected chi connectivity index (χ4v) is 1.16. The number of hydrogen-bond donors (Lipinski definition) is 0. The highest BCUT2D eigenvalue weighted by atomic mass is 16.7. The summed E-state index contributed by atoms with van der Waals surface area (Å²) in [6, 6.07) is 0. The van der Waals surface area contributed by atoms with E-state index in [9.17, 15) is 0 Å². The van der Waals surface area contributed by atoms with Crippen LogP contribution in [0.25, 0.3) is 0 Å². The first kappa shape index (κ1) is 11.1. The van der Waals surface area contributed by atoms with Gasteiger partial charge in [0.1, 0.15) is 0 Å². The lowest BCUT2D eigenvalue weighted by Gasteiger charge is -2.16. The smallest absolute Gasteiger partial charge is 0.176 e. The first-order chi connectivity index (χ1) is 6.76. The molecule has 0 aliphatic heterocycles. The van der Waals surface area contributed by atoms with Crippen molar-refractivity contribution >= 4 is 0 Å². The molecular weight excluding hydrogens is 182 g/mol. The van der Waals surface area contributed by atoms with Gasteiger partial charge in [-0.2, -0.15) is 0 Å². The van der Waals surface area contributed by atoms with E-state index < -0.39 is 0 Å². The summed E-state index contributed by atoms with van der Waals surface area (Å²) in [5.74, 6) is 0. The van der Waals surface area contributed by atoms with Crippen molar-refractivity contribution in [2.45, 2.75) is 33.6 Å². The van der Waals surface area contributed by atoms with Gasteiger partial charge in [-0.3, -0.25) is 0 Å². The molecule has 0 radical (unpaired) electrons. The summed E-state index contributed by atoms with van der Waals surface area (Å²) >= 11 is 0. The summed E-state index contributed by atoms with van der Waals surface area (Å²) in [4.78, 5) is 0. The normalized spacial score (nSPS) is 11.1. The van der Waals surface area contributed by atoms with E-state index in [1.807, 2.05) is 27.0 Å². The Balaban J connectivity index is 2.46. The van der Waals surface area contributed by atoms with Crippen molar-refractivity contribution in [2.75, 3.05) is 13.2 Å². The van der Waals surface area contributed by atoms with Crippen molar-refractivity contribution in [3.8, 4) is 0 Å². The molecular formula is C9H17N3O2. The Morgan fingerprint density at radius 1 is 1.36 bits per heavy atom. The second-order valence-corrected chi connectivity index (χ2v) is 2.92. The maximum absolute atomic E-state index is 5.38. The summed E-state index contributed by atoms with van der Waals surface area (Å²) in [7, 11) is 0. The van der Waals surface area contributed by atoms with E-state index in [0.717, 1.165) is 5.69 Å². The van der Waals surface area contributed by atoms with Gasteiger partial charge in [0.25, 0.3) is 0 Å². The van der Waals surface area contributed by atoms with Gasteiger partial charge >= 0.3 is 0 Å². The number of hydrogen-bond acceptors (Lipinski definition) is 4. The van der Waals surface area contributed by atoms with Gasteiger partial charge in [0.05, 0.1) is 12.2 Å². The van der Waals surface area contributed by atoms with Crippen molar-refractivity contribution in [3.63, 3.8) is 0 Å². The quantitative estimate of drug-likeness (QED) is 0.641. The Labute approximate surface area is 84.0 Å². The molecule has 1 rings (SSSR count). The first-order valence-electron chi connectivity index (χ1n) is 4.86. The molecule has 5 heteroatoms. The van der Waals surface area contributed by atoms with Crippen molar-refractivity contribution in [3.05, 3.63) is 11.9 Å². The van der Waals surface area contributed by atoms with E-state index in [1.54, 1.807) is 4.68 Å². The van der Waals surface area contributed by atoms with Crippen LogP contribution in [-0.2, 0) is 16.0 Å². The Kier molecular flexibility index (Phi) is 4.55. The molecule has 0 aliphatic rings. The van der Waals surface area contributed by atoms with Crippen LogP contribution in [0.5, 0.6) is 0 Å². The summed E-state index contributed by atoms with van der Waals surface area (Å²) in [6.07, 6.45) is 1.64. The fraction of sp³-hybridized carbons (Fsp3) is 0.778. The van der Waals surface area contributed by atoms with Gasteiger partial charge in [-0.1, -0.05) is 5.21 Å². The first-order valence-corrected chi connectivity index (χ1v) is 4.86. The van der Waals surface area contributed by atoms with Gasteiger partial charge in [-0.25, -0.2) is 4.68 Å². The highest BCUT2D eigenvalue weighted by molar-refractivity contribution is 4.86. The summed E-state index contributed by atoms with van der Waals surface area (Å²) in [5, 5.41) is 7.82. The van der Waals surface area contributed by atoms with Crippen molar-refractivity contribution < 1.29 is 9.47 Å². The molecule has 0 saturated carbocycles. The topological polar surface area (TPSA) is 49.2 Å². The molecule has 1 aromatic heterocycles. The average molecular weight is 199 g/mol. The predicted molar refractivity (Wildman–Crippen MR) is 51.8 cm³/mol. The minimum atomic E-state index is -0.230. The third-order valence-corrected chi connectivity index (χ3v) is 1.69. The van der Waals surface area contributed by atoms with Gasteiger partial charge in [-0.05, 0) is 20.8 Å². The molecule has 1 heterocycles. The molecule has 0 saturated heterocycles.